The molecule has 0 saturated heterocycles. The van der Waals surface area contributed by atoms with Crippen molar-refractivity contribution in [3.63, 3.8) is 0 Å². The predicted molar refractivity (Wildman–Crippen MR) is 85.4 cm³/mol. The minimum Gasteiger partial charge on any atom is -0.468 e. The summed E-state index contributed by atoms with van der Waals surface area (Å²) in [6.07, 6.45) is 10.3. The first-order valence-electron chi connectivity index (χ1n) is 8.56. The van der Waals surface area contributed by atoms with E-state index in [1.165, 1.54) is 45.6 Å². The van der Waals surface area contributed by atoms with E-state index in [1.54, 1.807) is 0 Å². The van der Waals surface area contributed by atoms with Crippen LogP contribution in [0, 0.1) is 0 Å². The molecule has 1 aliphatic rings. The number of carbonyl (C=O) groups is 1. The lowest BCUT2D eigenvalue weighted by atomic mass is 9.96. The Morgan fingerprint density at radius 2 is 1.81 bits per heavy atom. The van der Waals surface area contributed by atoms with Gasteiger partial charge in [-0.05, 0) is 39.0 Å². The highest BCUT2D eigenvalue weighted by Crippen LogP contribution is 2.25. The van der Waals surface area contributed by atoms with Crippen LogP contribution in [0.4, 0.5) is 0 Å². The standard InChI is InChI=1S/C17H33NO3/c1-4-5-6-7-8-13-21-14-9-12-17(2,16(19)20-3)18-15-10-11-15/h15,18H,4-14H2,1-3H3. The molecule has 1 rings (SSSR count). The van der Waals surface area contributed by atoms with Gasteiger partial charge in [-0.15, -0.1) is 0 Å². The van der Waals surface area contributed by atoms with Crippen molar-refractivity contribution in [3.8, 4) is 0 Å². The van der Waals surface area contributed by atoms with Crippen LogP contribution in [0.2, 0.25) is 0 Å². The third-order valence-corrected chi connectivity index (χ3v) is 4.09. The summed E-state index contributed by atoms with van der Waals surface area (Å²) in [5.74, 6) is -0.158. The number of methoxy groups -OCH3 is 1. The van der Waals surface area contributed by atoms with Crippen molar-refractivity contribution in [2.75, 3.05) is 20.3 Å². The van der Waals surface area contributed by atoms with Gasteiger partial charge in [0.1, 0.15) is 5.54 Å². The zero-order chi connectivity index (χ0) is 15.6. The van der Waals surface area contributed by atoms with Crippen LogP contribution in [-0.4, -0.2) is 37.9 Å². The molecule has 0 aliphatic heterocycles. The molecule has 0 aromatic carbocycles. The highest BCUT2D eigenvalue weighted by Gasteiger charge is 2.38. The number of unbranched alkanes of at least 4 members (excludes halogenated alkanes) is 4. The molecule has 1 aliphatic carbocycles. The van der Waals surface area contributed by atoms with Crippen LogP contribution < -0.4 is 5.32 Å². The van der Waals surface area contributed by atoms with Crippen molar-refractivity contribution in [2.24, 2.45) is 0 Å². The number of ether oxygens (including phenoxy) is 2. The van der Waals surface area contributed by atoms with Crippen molar-refractivity contribution in [1.29, 1.82) is 0 Å². The maximum atomic E-state index is 11.9. The molecule has 1 unspecified atom stereocenters. The van der Waals surface area contributed by atoms with E-state index in [9.17, 15) is 4.79 Å². The maximum absolute atomic E-state index is 11.9. The van der Waals surface area contributed by atoms with Gasteiger partial charge in [0.05, 0.1) is 7.11 Å². The molecule has 1 N–H and O–H groups in total. The summed E-state index contributed by atoms with van der Waals surface area (Å²) in [6.45, 7) is 5.74. The Kier molecular flexibility index (Phi) is 8.93. The van der Waals surface area contributed by atoms with Gasteiger partial charge in [-0.25, -0.2) is 0 Å². The first-order chi connectivity index (χ1) is 10.1. The largest absolute Gasteiger partial charge is 0.468 e. The molecule has 1 atom stereocenters. The van der Waals surface area contributed by atoms with Gasteiger partial charge in [-0.1, -0.05) is 32.6 Å². The number of rotatable bonds is 13. The van der Waals surface area contributed by atoms with Crippen LogP contribution in [-0.2, 0) is 14.3 Å². The third kappa shape index (κ3) is 7.82. The Labute approximate surface area is 130 Å². The van der Waals surface area contributed by atoms with Crippen LogP contribution in [0.5, 0.6) is 0 Å². The monoisotopic (exact) mass is 299 g/mol. The lowest BCUT2D eigenvalue weighted by molar-refractivity contribution is -0.148. The molecule has 1 fully saturated rings. The zero-order valence-corrected chi connectivity index (χ0v) is 14.1. The Bertz CT molecular complexity index is 292. The number of nitrogens with one attached hydrogen (secondary N) is 1. The minimum absolute atomic E-state index is 0.158. The van der Waals surface area contributed by atoms with Gasteiger partial charge in [0.15, 0.2) is 0 Å². The minimum atomic E-state index is -0.555. The molecule has 0 aromatic rings. The quantitative estimate of drug-likeness (QED) is 0.418. The summed E-state index contributed by atoms with van der Waals surface area (Å²) in [6, 6.07) is 0.494. The fourth-order valence-electron chi connectivity index (χ4n) is 2.57. The lowest BCUT2D eigenvalue weighted by Crippen LogP contribution is -2.51. The molecule has 1 saturated carbocycles. The van der Waals surface area contributed by atoms with Crippen LogP contribution >= 0.6 is 0 Å². The third-order valence-electron chi connectivity index (χ3n) is 4.09. The van der Waals surface area contributed by atoms with Gasteiger partial charge >= 0.3 is 5.97 Å². The van der Waals surface area contributed by atoms with Gasteiger partial charge in [-0.2, -0.15) is 0 Å². The molecule has 0 amide bonds. The van der Waals surface area contributed by atoms with E-state index >= 15 is 0 Å². The molecule has 21 heavy (non-hydrogen) atoms. The van der Waals surface area contributed by atoms with E-state index in [1.807, 2.05) is 6.92 Å². The predicted octanol–water partition coefficient (Wildman–Crippen LogP) is 3.44. The van der Waals surface area contributed by atoms with Crippen molar-refractivity contribution in [2.45, 2.75) is 83.2 Å². The molecule has 0 spiro atoms. The molecule has 4 heteroatoms. The Morgan fingerprint density at radius 1 is 1.14 bits per heavy atom. The average Bonchev–Trinajstić information content (AvgIpc) is 3.28. The molecule has 4 nitrogen and oxygen atoms in total. The Balaban J connectivity index is 2.08. The summed E-state index contributed by atoms with van der Waals surface area (Å²) in [5, 5.41) is 3.41. The number of esters is 1. The van der Waals surface area contributed by atoms with E-state index in [0.717, 1.165) is 32.5 Å². The van der Waals surface area contributed by atoms with Gasteiger partial charge in [0.2, 0.25) is 0 Å². The van der Waals surface area contributed by atoms with Crippen molar-refractivity contribution < 1.29 is 14.3 Å². The smallest absolute Gasteiger partial charge is 0.325 e. The summed E-state index contributed by atoms with van der Waals surface area (Å²) in [5.41, 5.74) is -0.555. The summed E-state index contributed by atoms with van der Waals surface area (Å²) < 4.78 is 10.6. The first kappa shape index (κ1) is 18.4. The van der Waals surface area contributed by atoms with E-state index in [4.69, 9.17) is 9.47 Å². The average molecular weight is 299 g/mol. The second-order valence-corrected chi connectivity index (χ2v) is 6.37. The van der Waals surface area contributed by atoms with E-state index < -0.39 is 5.54 Å². The summed E-state index contributed by atoms with van der Waals surface area (Å²) in [4.78, 5) is 11.9. The molecular weight excluding hydrogens is 266 g/mol. The van der Waals surface area contributed by atoms with Crippen molar-refractivity contribution in [3.05, 3.63) is 0 Å². The van der Waals surface area contributed by atoms with Gasteiger partial charge in [0, 0.05) is 19.3 Å². The van der Waals surface area contributed by atoms with Gasteiger partial charge in [0.25, 0.3) is 0 Å². The van der Waals surface area contributed by atoms with Crippen LogP contribution in [0.1, 0.15) is 71.6 Å². The second kappa shape index (κ2) is 10.2. The van der Waals surface area contributed by atoms with Crippen LogP contribution in [0.25, 0.3) is 0 Å². The SMILES string of the molecule is CCCCCCCOCCCC(C)(NC1CC1)C(=O)OC. The zero-order valence-electron chi connectivity index (χ0n) is 14.1. The van der Waals surface area contributed by atoms with E-state index in [0.29, 0.717) is 6.04 Å². The molecule has 0 bridgehead atoms. The highest BCUT2D eigenvalue weighted by molar-refractivity contribution is 5.80. The summed E-state index contributed by atoms with van der Waals surface area (Å²) in [7, 11) is 1.46. The topological polar surface area (TPSA) is 47.6 Å². The lowest BCUT2D eigenvalue weighted by Gasteiger charge is -2.28. The normalized spacial score (nSPS) is 17.5. The van der Waals surface area contributed by atoms with Gasteiger partial charge < -0.3 is 9.47 Å². The van der Waals surface area contributed by atoms with Crippen molar-refractivity contribution in [1.82, 2.24) is 5.32 Å². The maximum Gasteiger partial charge on any atom is 0.325 e. The van der Waals surface area contributed by atoms with E-state index in [2.05, 4.69) is 12.2 Å². The fourth-order valence-corrected chi connectivity index (χ4v) is 2.57. The Morgan fingerprint density at radius 3 is 2.43 bits per heavy atom. The number of carbonyl (C=O) groups excluding carboxylic acids is 1. The molecular formula is C17H33NO3. The Hall–Kier alpha value is -0.610. The molecule has 124 valence electrons. The first-order valence-corrected chi connectivity index (χ1v) is 8.56. The van der Waals surface area contributed by atoms with Gasteiger partial charge in [-0.3, -0.25) is 10.1 Å². The van der Waals surface area contributed by atoms with Crippen molar-refractivity contribution >= 4 is 5.97 Å². The fraction of sp³-hybridized carbons (Fsp3) is 0.941. The molecule has 0 heterocycles. The van der Waals surface area contributed by atoms with Crippen LogP contribution in [0.3, 0.4) is 0 Å². The van der Waals surface area contributed by atoms with E-state index in [-0.39, 0.29) is 5.97 Å². The molecule has 0 radical (unpaired) electrons. The van der Waals surface area contributed by atoms with Crippen LogP contribution in [0.15, 0.2) is 0 Å². The second-order valence-electron chi connectivity index (χ2n) is 6.37. The summed E-state index contributed by atoms with van der Waals surface area (Å²) >= 11 is 0. The highest BCUT2D eigenvalue weighted by atomic mass is 16.5. The number of hydrogen-bond donors (Lipinski definition) is 1. The number of hydrogen-bond acceptors (Lipinski definition) is 4. The molecule has 0 aromatic heterocycles.